The summed E-state index contributed by atoms with van der Waals surface area (Å²) < 4.78 is 12.8. The Morgan fingerprint density at radius 3 is 1.78 bits per heavy atom. The van der Waals surface area contributed by atoms with Gasteiger partial charge in [-0.05, 0) is 81.4 Å². The van der Waals surface area contributed by atoms with E-state index in [0.717, 1.165) is 62.0 Å². The van der Waals surface area contributed by atoms with E-state index in [1.54, 1.807) is 29.1 Å². The van der Waals surface area contributed by atoms with Crippen LogP contribution in [-0.2, 0) is 18.6 Å². The molecule has 64 heavy (non-hydrogen) atoms. The molecule has 0 unspecified atom stereocenters. The molecule has 1 aliphatic heterocycles. The van der Waals surface area contributed by atoms with Gasteiger partial charge in [0.15, 0.2) is 5.54 Å². The maximum Gasteiger partial charge on any atom is 0.261 e. The molecule has 0 spiro atoms. The van der Waals surface area contributed by atoms with Crippen LogP contribution in [0, 0.1) is 0 Å². The van der Waals surface area contributed by atoms with Crippen molar-refractivity contribution in [2.75, 3.05) is 13.2 Å². The van der Waals surface area contributed by atoms with E-state index in [4.69, 9.17) is 29.9 Å². The van der Waals surface area contributed by atoms with Crippen LogP contribution in [0.5, 0.6) is 11.5 Å². The van der Waals surface area contributed by atoms with E-state index >= 15 is 0 Å². The average Bonchev–Trinajstić information content (AvgIpc) is 3.94. The van der Waals surface area contributed by atoms with Crippen molar-refractivity contribution in [2.45, 2.75) is 25.5 Å². The van der Waals surface area contributed by atoms with E-state index in [9.17, 15) is 9.59 Å². The number of pyridine rings is 1. The molecular formula is C54H42N6O4. The molecule has 1 aliphatic rings. The number of ether oxygens (including phenoxy) is 2. The highest BCUT2D eigenvalue weighted by Gasteiger charge is 2.41. The van der Waals surface area contributed by atoms with Crippen LogP contribution in [0.2, 0.25) is 0 Å². The Labute approximate surface area is 370 Å². The minimum absolute atomic E-state index is 0.121. The number of tetrazole rings is 1. The van der Waals surface area contributed by atoms with Crippen LogP contribution in [0.25, 0.3) is 33.4 Å². The second-order valence-corrected chi connectivity index (χ2v) is 15.5. The number of hydrogen-bond donors (Lipinski definition) is 0. The maximum absolute atomic E-state index is 12.9. The first kappa shape index (κ1) is 39.9. The van der Waals surface area contributed by atoms with Gasteiger partial charge in [-0.15, -0.1) is 15.0 Å². The van der Waals surface area contributed by atoms with Gasteiger partial charge in [0.25, 0.3) is 11.8 Å². The summed E-state index contributed by atoms with van der Waals surface area (Å²) in [7, 11) is 0. The Bertz CT molecular complexity index is 2990. The van der Waals surface area contributed by atoms with Gasteiger partial charge in [-0.25, -0.2) is 0 Å². The molecule has 0 radical (unpaired) electrons. The monoisotopic (exact) mass is 838 g/mol. The van der Waals surface area contributed by atoms with Gasteiger partial charge in [0, 0.05) is 22.7 Å². The van der Waals surface area contributed by atoms with Crippen LogP contribution in [0.15, 0.2) is 188 Å². The molecule has 7 aromatic carbocycles. The van der Waals surface area contributed by atoms with E-state index in [0.29, 0.717) is 28.5 Å². The van der Waals surface area contributed by atoms with Crippen LogP contribution in [-0.4, -0.2) is 55.1 Å². The molecular weight excluding hydrogens is 797 g/mol. The summed E-state index contributed by atoms with van der Waals surface area (Å²) in [6.07, 6.45) is 0.721. The summed E-state index contributed by atoms with van der Waals surface area (Å²) >= 11 is 0. The number of amides is 2. The van der Waals surface area contributed by atoms with Crippen molar-refractivity contribution < 1.29 is 19.1 Å². The molecule has 0 N–H and O–H groups in total. The first-order chi connectivity index (χ1) is 31.5. The lowest BCUT2D eigenvalue weighted by Crippen LogP contribution is -2.39. The number of aryl methyl sites for hydroxylation is 1. The summed E-state index contributed by atoms with van der Waals surface area (Å²) in [6.45, 7) is 2.55. The summed E-state index contributed by atoms with van der Waals surface area (Å²) in [4.78, 5) is 33.7. The van der Waals surface area contributed by atoms with Gasteiger partial charge in [-0.2, -0.15) is 0 Å². The second-order valence-electron chi connectivity index (χ2n) is 15.5. The average molecular weight is 839 g/mol. The van der Waals surface area contributed by atoms with Crippen LogP contribution >= 0.6 is 0 Å². The Hall–Kier alpha value is -8.24. The predicted octanol–water partition coefficient (Wildman–Crippen LogP) is 10.2. The minimum atomic E-state index is -0.931. The lowest BCUT2D eigenvalue weighted by Gasteiger charge is -2.34. The van der Waals surface area contributed by atoms with Crippen LogP contribution in [0.4, 0.5) is 0 Å². The number of carbonyl (C=O) groups is 2. The summed E-state index contributed by atoms with van der Waals surface area (Å²) in [5, 5.41) is 15.7. The Morgan fingerprint density at radius 1 is 0.578 bits per heavy atom. The quantitative estimate of drug-likeness (QED) is 0.0786. The topological polar surface area (TPSA) is 112 Å². The van der Waals surface area contributed by atoms with Gasteiger partial charge >= 0.3 is 0 Å². The third-order valence-corrected chi connectivity index (χ3v) is 11.7. The van der Waals surface area contributed by atoms with Crippen molar-refractivity contribution in [1.29, 1.82) is 0 Å². The van der Waals surface area contributed by atoms with Crippen molar-refractivity contribution in [2.24, 2.45) is 0 Å². The Kier molecular flexibility index (Phi) is 10.8. The van der Waals surface area contributed by atoms with Gasteiger partial charge in [-0.3, -0.25) is 19.5 Å². The van der Waals surface area contributed by atoms with E-state index < -0.39 is 5.54 Å². The molecule has 0 atom stereocenters. The van der Waals surface area contributed by atoms with E-state index in [2.05, 4.69) is 73.7 Å². The molecule has 9 aromatic rings. The lowest BCUT2D eigenvalue weighted by molar-refractivity contribution is 0.0631. The summed E-state index contributed by atoms with van der Waals surface area (Å²) in [5.41, 5.74) is 8.23. The molecule has 10 heteroatoms. The van der Waals surface area contributed by atoms with Crippen molar-refractivity contribution in [3.8, 4) is 34.0 Å². The van der Waals surface area contributed by atoms with Crippen molar-refractivity contribution >= 4 is 22.7 Å². The smallest absolute Gasteiger partial charge is 0.261 e. The first-order valence-electron chi connectivity index (χ1n) is 21.3. The second kappa shape index (κ2) is 17.3. The van der Waals surface area contributed by atoms with E-state index in [1.165, 1.54) is 4.90 Å². The molecule has 312 valence electrons. The highest BCUT2D eigenvalue weighted by Crippen LogP contribution is 2.41. The highest BCUT2D eigenvalue weighted by molar-refractivity contribution is 6.21. The minimum Gasteiger partial charge on any atom is -0.492 e. The standard InChI is InChI=1S/C54H42N6O4/c1-2-42-34-50(48-35-43(28-30-49(48)55-42)63-32-31-59-52(61)45-25-15-16-26-46(45)53(59)62)64-36-37-27-29-44(38-17-7-3-8-18-38)47(33-37)51-56-58-60(57-51)54(39-19-9-4-10-20-39,40-21-11-5-12-22-40)41-23-13-6-14-24-41/h3-30,33-35H,2,31-32,36H2,1H3. The molecule has 0 bridgehead atoms. The molecule has 0 fully saturated rings. The molecule has 0 aliphatic carbocycles. The Morgan fingerprint density at radius 2 is 1.17 bits per heavy atom. The number of carbonyl (C=O) groups excluding carboxylic acids is 2. The maximum atomic E-state index is 12.9. The lowest BCUT2D eigenvalue weighted by atomic mass is 9.77. The molecule has 0 saturated heterocycles. The zero-order valence-corrected chi connectivity index (χ0v) is 35.0. The largest absolute Gasteiger partial charge is 0.492 e. The summed E-state index contributed by atoms with van der Waals surface area (Å²) in [6, 6.07) is 61.8. The normalized spacial score (nSPS) is 12.4. The fraction of sp³-hybridized carbons (Fsp3) is 0.111. The number of rotatable bonds is 14. The zero-order chi connectivity index (χ0) is 43.5. The van der Waals surface area contributed by atoms with Gasteiger partial charge in [-0.1, -0.05) is 153 Å². The number of imide groups is 1. The number of fused-ring (bicyclic) bond motifs is 2. The molecule has 10 rings (SSSR count). The van der Waals surface area contributed by atoms with Crippen LogP contribution in [0.3, 0.4) is 0 Å². The molecule has 2 aromatic heterocycles. The third kappa shape index (κ3) is 7.34. The van der Waals surface area contributed by atoms with E-state index in [1.807, 2.05) is 97.1 Å². The SMILES string of the molecule is CCc1cc(OCc2ccc(-c3ccccc3)c(-c3nnn(C(c4ccccc4)(c4ccccc4)c4ccccc4)n3)c2)c2cc(OCCN3C(=O)c4ccccc4C3=O)ccc2n1. The molecule has 10 nitrogen and oxygen atoms in total. The number of nitrogens with zero attached hydrogens (tertiary/aromatic N) is 6. The molecule has 3 heterocycles. The Balaban J connectivity index is 0.980. The summed E-state index contributed by atoms with van der Waals surface area (Å²) in [5.74, 6) is 1.08. The number of benzene rings is 7. The number of hydrogen-bond acceptors (Lipinski definition) is 8. The zero-order valence-electron chi connectivity index (χ0n) is 35.0. The van der Waals surface area contributed by atoms with Crippen LogP contribution < -0.4 is 9.47 Å². The van der Waals surface area contributed by atoms with Crippen molar-refractivity contribution in [3.63, 3.8) is 0 Å². The number of aromatic nitrogens is 5. The first-order valence-corrected chi connectivity index (χ1v) is 21.3. The third-order valence-electron chi connectivity index (χ3n) is 11.7. The van der Waals surface area contributed by atoms with Gasteiger partial charge in [0.1, 0.15) is 24.7 Å². The predicted molar refractivity (Wildman–Crippen MR) is 246 cm³/mol. The molecule has 2 amide bonds. The van der Waals surface area contributed by atoms with Crippen molar-refractivity contribution in [3.05, 3.63) is 227 Å². The van der Waals surface area contributed by atoms with Gasteiger partial charge in [0.2, 0.25) is 5.82 Å². The van der Waals surface area contributed by atoms with E-state index in [-0.39, 0.29) is 31.6 Å². The van der Waals surface area contributed by atoms with Crippen LogP contribution in [0.1, 0.15) is 55.6 Å². The van der Waals surface area contributed by atoms with Gasteiger partial charge in [0.05, 0.1) is 23.2 Å². The fourth-order valence-electron chi connectivity index (χ4n) is 8.56. The fourth-order valence-corrected chi connectivity index (χ4v) is 8.56. The molecule has 0 saturated carbocycles. The van der Waals surface area contributed by atoms with Gasteiger partial charge < -0.3 is 9.47 Å². The highest BCUT2D eigenvalue weighted by atomic mass is 16.5. The van der Waals surface area contributed by atoms with Crippen molar-refractivity contribution in [1.82, 2.24) is 30.1 Å².